The Hall–Kier alpha value is -0.270. The lowest BCUT2D eigenvalue weighted by Crippen LogP contribution is -2.41. The summed E-state index contributed by atoms with van der Waals surface area (Å²) in [7, 11) is 1.33. The first kappa shape index (κ1) is 18.8. The second-order valence-corrected chi connectivity index (χ2v) is 8.88. The molecule has 1 aromatic rings. The van der Waals surface area contributed by atoms with E-state index < -0.39 is 22.2 Å². The Morgan fingerprint density at radius 3 is 2.57 bits per heavy atom. The van der Waals surface area contributed by atoms with Gasteiger partial charge >= 0.3 is 5.97 Å². The van der Waals surface area contributed by atoms with E-state index >= 15 is 0 Å². The van der Waals surface area contributed by atoms with E-state index in [9.17, 15) is 9.35 Å². The lowest BCUT2D eigenvalue weighted by molar-refractivity contribution is -0.141. The van der Waals surface area contributed by atoms with Crippen LogP contribution in [0, 0.1) is 0 Å². The normalized spacial score (nSPS) is 14.6. The third kappa shape index (κ3) is 6.16. The Bertz CT molecular complexity index is 487. The van der Waals surface area contributed by atoms with Crippen LogP contribution in [0.4, 0.5) is 0 Å². The second-order valence-electron chi connectivity index (χ2n) is 5.53. The summed E-state index contributed by atoms with van der Waals surface area (Å²) in [5.41, 5.74) is 0.775. The minimum atomic E-state index is -1.32. The summed E-state index contributed by atoms with van der Waals surface area (Å²) < 4.78 is 20.3. The van der Waals surface area contributed by atoms with Crippen LogP contribution >= 0.6 is 27.5 Å². The van der Waals surface area contributed by atoms with Gasteiger partial charge in [-0.3, -0.25) is 4.79 Å². The molecule has 0 amide bonds. The zero-order valence-corrected chi connectivity index (χ0v) is 15.6. The number of carbonyl (C=O) groups excluding carboxylic acids is 1. The maximum Gasteiger partial charge on any atom is 0.307 e. The topological polar surface area (TPSA) is 61.4 Å². The SMILES string of the molecule is COC(=O)C[C@H](N[S+]([O-])C(C)(C)C)c1cc(Cl)cc(Br)c1. The predicted octanol–water partition coefficient (Wildman–Crippen LogP) is 3.76. The molecule has 0 heterocycles. The van der Waals surface area contributed by atoms with Crippen molar-refractivity contribution in [2.24, 2.45) is 0 Å². The van der Waals surface area contributed by atoms with E-state index in [0.29, 0.717) is 5.02 Å². The van der Waals surface area contributed by atoms with Crippen LogP contribution in [0.2, 0.25) is 5.02 Å². The summed E-state index contributed by atoms with van der Waals surface area (Å²) in [6.07, 6.45) is 0.0745. The highest BCUT2D eigenvalue weighted by Crippen LogP contribution is 2.28. The van der Waals surface area contributed by atoms with Gasteiger partial charge in [-0.25, -0.2) is 0 Å². The van der Waals surface area contributed by atoms with Crippen LogP contribution in [-0.4, -0.2) is 22.4 Å². The quantitative estimate of drug-likeness (QED) is 0.608. The van der Waals surface area contributed by atoms with E-state index in [0.717, 1.165) is 10.0 Å². The van der Waals surface area contributed by atoms with Crippen LogP contribution in [0.1, 0.15) is 38.8 Å². The minimum absolute atomic E-state index is 0.0745. The molecule has 0 bridgehead atoms. The highest BCUT2D eigenvalue weighted by atomic mass is 79.9. The van der Waals surface area contributed by atoms with E-state index in [1.807, 2.05) is 26.8 Å². The molecule has 0 radical (unpaired) electrons. The van der Waals surface area contributed by atoms with Gasteiger partial charge < -0.3 is 9.29 Å². The fourth-order valence-electron chi connectivity index (χ4n) is 1.56. The maximum atomic E-state index is 12.3. The molecule has 0 saturated carbocycles. The van der Waals surface area contributed by atoms with E-state index in [4.69, 9.17) is 16.3 Å². The number of nitrogens with one attached hydrogen (secondary N) is 1. The van der Waals surface area contributed by atoms with Crippen LogP contribution in [0.25, 0.3) is 0 Å². The number of methoxy groups -OCH3 is 1. The molecule has 0 aromatic heterocycles. The van der Waals surface area contributed by atoms with Gasteiger partial charge in [0.15, 0.2) is 0 Å². The fourth-order valence-corrected chi connectivity index (χ4v) is 3.28. The van der Waals surface area contributed by atoms with Crippen molar-refractivity contribution in [2.75, 3.05) is 7.11 Å². The third-order valence-corrected chi connectivity index (χ3v) is 4.98. The Morgan fingerprint density at radius 1 is 1.48 bits per heavy atom. The predicted molar refractivity (Wildman–Crippen MR) is 89.6 cm³/mol. The summed E-state index contributed by atoms with van der Waals surface area (Å²) in [6.45, 7) is 5.58. The molecule has 1 unspecified atom stereocenters. The van der Waals surface area contributed by atoms with Crippen molar-refractivity contribution < 1.29 is 14.1 Å². The van der Waals surface area contributed by atoms with Crippen LogP contribution < -0.4 is 4.72 Å². The van der Waals surface area contributed by atoms with Crippen molar-refractivity contribution in [3.8, 4) is 0 Å². The number of rotatable bonds is 5. The zero-order valence-electron chi connectivity index (χ0n) is 12.4. The molecule has 21 heavy (non-hydrogen) atoms. The standard InChI is InChI=1S/C14H19BrClNO3S/c1-14(2,3)21(19)17-12(8-13(18)20-4)9-5-10(15)7-11(16)6-9/h5-7,12,17H,8H2,1-4H3/t12-,21?/m0/s1. The monoisotopic (exact) mass is 395 g/mol. The second kappa shape index (κ2) is 7.83. The molecule has 0 aliphatic heterocycles. The summed E-state index contributed by atoms with van der Waals surface area (Å²) in [4.78, 5) is 11.6. The molecule has 4 nitrogen and oxygen atoms in total. The van der Waals surface area contributed by atoms with Gasteiger partial charge in [0.2, 0.25) is 0 Å². The van der Waals surface area contributed by atoms with Gasteiger partial charge in [-0.1, -0.05) is 27.5 Å². The number of hydrogen-bond donors (Lipinski definition) is 1. The van der Waals surface area contributed by atoms with Gasteiger partial charge in [-0.05, 0) is 44.5 Å². The summed E-state index contributed by atoms with van der Waals surface area (Å²) >= 11 is 8.09. The van der Waals surface area contributed by atoms with Crippen LogP contribution in [-0.2, 0) is 20.9 Å². The number of esters is 1. The van der Waals surface area contributed by atoms with Crippen molar-refractivity contribution in [3.05, 3.63) is 33.3 Å². The highest BCUT2D eigenvalue weighted by Gasteiger charge is 2.31. The molecule has 0 aliphatic carbocycles. The van der Waals surface area contributed by atoms with Crippen LogP contribution in [0.5, 0.6) is 0 Å². The summed E-state index contributed by atoms with van der Waals surface area (Å²) in [6, 6.07) is 4.90. The molecule has 118 valence electrons. The molecule has 1 aromatic carbocycles. The number of carbonyl (C=O) groups is 1. The molecule has 2 atom stereocenters. The van der Waals surface area contributed by atoms with E-state index in [1.54, 1.807) is 12.1 Å². The number of hydrogen-bond acceptors (Lipinski definition) is 4. The molecule has 0 aliphatic rings. The molecular formula is C14H19BrClNO3S. The molecule has 0 fully saturated rings. The third-order valence-electron chi connectivity index (χ3n) is 2.69. The smallest absolute Gasteiger partial charge is 0.307 e. The Labute approximate surface area is 142 Å². The van der Waals surface area contributed by atoms with Crippen molar-refractivity contribution in [3.63, 3.8) is 0 Å². The molecule has 1 N–H and O–H groups in total. The highest BCUT2D eigenvalue weighted by molar-refractivity contribution is 9.10. The van der Waals surface area contributed by atoms with Crippen molar-refractivity contribution >= 4 is 44.9 Å². The van der Waals surface area contributed by atoms with Crippen LogP contribution in [0.3, 0.4) is 0 Å². The Kier molecular flexibility index (Phi) is 7.00. The van der Waals surface area contributed by atoms with Crippen molar-refractivity contribution in [2.45, 2.75) is 38.0 Å². The number of halogens is 2. The first-order valence-corrected chi connectivity index (χ1v) is 8.66. The molecule has 7 heteroatoms. The van der Waals surface area contributed by atoms with Gasteiger partial charge in [-0.2, -0.15) is 0 Å². The molecule has 0 spiro atoms. The number of ether oxygens (including phenoxy) is 1. The van der Waals surface area contributed by atoms with E-state index in [-0.39, 0.29) is 12.4 Å². The summed E-state index contributed by atoms with van der Waals surface area (Å²) in [5.74, 6) is -0.380. The summed E-state index contributed by atoms with van der Waals surface area (Å²) in [5, 5.41) is 0.539. The fraction of sp³-hybridized carbons (Fsp3) is 0.500. The average molecular weight is 397 g/mol. The average Bonchev–Trinajstić information content (AvgIpc) is 2.35. The lowest BCUT2D eigenvalue weighted by atomic mass is 10.1. The maximum absolute atomic E-state index is 12.3. The minimum Gasteiger partial charge on any atom is -0.598 e. The van der Waals surface area contributed by atoms with E-state index in [2.05, 4.69) is 20.7 Å². The first-order valence-electron chi connectivity index (χ1n) is 6.34. The molecule has 0 saturated heterocycles. The molecule has 1 rings (SSSR count). The van der Waals surface area contributed by atoms with Gasteiger partial charge in [0.1, 0.15) is 4.75 Å². The van der Waals surface area contributed by atoms with E-state index in [1.165, 1.54) is 7.11 Å². The van der Waals surface area contributed by atoms with Gasteiger partial charge in [0, 0.05) is 20.9 Å². The van der Waals surface area contributed by atoms with Gasteiger partial charge in [0.05, 0.1) is 19.6 Å². The zero-order chi connectivity index (χ0) is 16.2. The first-order chi connectivity index (χ1) is 9.63. The lowest BCUT2D eigenvalue weighted by Gasteiger charge is -2.28. The largest absolute Gasteiger partial charge is 0.598 e. The Morgan fingerprint density at radius 2 is 2.10 bits per heavy atom. The van der Waals surface area contributed by atoms with Crippen LogP contribution in [0.15, 0.2) is 22.7 Å². The van der Waals surface area contributed by atoms with Crippen molar-refractivity contribution in [1.82, 2.24) is 4.72 Å². The van der Waals surface area contributed by atoms with Gasteiger partial charge in [0.25, 0.3) is 0 Å². The number of benzene rings is 1. The Balaban J connectivity index is 3.04. The molecular weight excluding hydrogens is 378 g/mol. The van der Waals surface area contributed by atoms with Crippen molar-refractivity contribution in [1.29, 1.82) is 0 Å². The van der Waals surface area contributed by atoms with Gasteiger partial charge in [-0.15, -0.1) is 4.72 Å².